The van der Waals surface area contributed by atoms with Gasteiger partial charge in [-0.1, -0.05) is 6.92 Å². The second kappa shape index (κ2) is 6.39. The highest BCUT2D eigenvalue weighted by Crippen LogP contribution is 2.17. The predicted octanol–water partition coefficient (Wildman–Crippen LogP) is 1.19. The molecule has 0 spiro atoms. The molecule has 0 aliphatic carbocycles. The van der Waals surface area contributed by atoms with E-state index in [0.29, 0.717) is 30.2 Å². The molecule has 1 heterocycles. The molecule has 18 heavy (non-hydrogen) atoms. The summed E-state index contributed by atoms with van der Waals surface area (Å²) >= 11 is 0. The van der Waals surface area contributed by atoms with Gasteiger partial charge < -0.3 is 15.4 Å². The molecule has 0 aliphatic rings. The highest BCUT2D eigenvalue weighted by atomic mass is 16.5. The molecular weight excluding hydrogens is 232 g/mol. The van der Waals surface area contributed by atoms with Gasteiger partial charge in [-0.2, -0.15) is 5.10 Å². The van der Waals surface area contributed by atoms with Gasteiger partial charge in [0, 0.05) is 19.7 Å². The Morgan fingerprint density at radius 2 is 2.28 bits per heavy atom. The number of carbonyl (C=O) groups is 1. The van der Waals surface area contributed by atoms with Crippen molar-refractivity contribution in [1.29, 1.82) is 0 Å². The zero-order valence-electron chi connectivity index (χ0n) is 11.5. The van der Waals surface area contributed by atoms with Crippen molar-refractivity contribution < 1.29 is 9.53 Å². The smallest absolute Gasteiger partial charge is 0.276 e. The monoisotopic (exact) mass is 254 g/mol. The number of H-pyrrole nitrogens is 1. The van der Waals surface area contributed by atoms with E-state index in [1.54, 1.807) is 18.9 Å². The van der Waals surface area contributed by atoms with Gasteiger partial charge >= 0.3 is 0 Å². The molecule has 3 N–H and O–H groups in total. The van der Waals surface area contributed by atoms with Crippen LogP contribution in [0.3, 0.4) is 0 Å². The Balaban J connectivity index is 2.91. The molecule has 1 aromatic heterocycles. The van der Waals surface area contributed by atoms with Crippen LogP contribution in [0.25, 0.3) is 0 Å². The number of hydrogen-bond acceptors (Lipinski definition) is 4. The number of nitrogens with two attached hydrogens (primary N) is 1. The number of methoxy groups -OCH3 is 1. The van der Waals surface area contributed by atoms with Crippen LogP contribution < -0.4 is 5.73 Å². The Morgan fingerprint density at radius 1 is 1.61 bits per heavy atom. The summed E-state index contributed by atoms with van der Waals surface area (Å²) in [5.74, 6) is -0.150. The van der Waals surface area contributed by atoms with E-state index in [4.69, 9.17) is 10.5 Å². The van der Waals surface area contributed by atoms with Crippen LogP contribution in [0.2, 0.25) is 0 Å². The number of aromatic nitrogens is 2. The summed E-state index contributed by atoms with van der Waals surface area (Å²) in [6, 6.07) is 0.129. The van der Waals surface area contributed by atoms with Crippen LogP contribution in [-0.4, -0.2) is 47.3 Å². The van der Waals surface area contributed by atoms with Crippen LogP contribution in [-0.2, 0) is 4.74 Å². The van der Waals surface area contributed by atoms with Crippen molar-refractivity contribution in [1.82, 2.24) is 15.1 Å². The van der Waals surface area contributed by atoms with Gasteiger partial charge in [0.1, 0.15) is 0 Å². The SMILES string of the molecule is CCC(C)N(CCOC)C(=O)c1n[nH]c(C)c1N. The third-order valence-corrected chi connectivity index (χ3v) is 3.12. The summed E-state index contributed by atoms with van der Waals surface area (Å²) in [5.41, 5.74) is 7.27. The molecule has 1 amide bonds. The number of ether oxygens (including phenoxy) is 1. The van der Waals surface area contributed by atoms with Crippen LogP contribution in [0.5, 0.6) is 0 Å². The number of carbonyl (C=O) groups excluding carboxylic acids is 1. The molecule has 0 aromatic carbocycles. The second-order valence-electron chi connectivity index (χ2n) is 4.36. The van der Waals surface area contributed by atoms with E-state index < -0.39 is 0 Å². The number of anilines is 1. The molecule has 0 fully saturated rings. The Kier molecular flexibility index (Phi) is 5.15. The number of nitrogen functional groups attached to an aromatic ring is 1. The third-order valence-electron chi connectivity index (χ3n) is 3.12. The van der Waals surface area contributed by atoms with Crippen LogP contribution in [0.15, 0.2) is 0 Å². The lowest BCUT2D eigenvalue weighted by Crippen LogP contribution is -2.41. The van der Waals surface area contributed by atoms with Crippen LogP contribution in [0.4, 0.5) is 5.69 Å². The van der Waals surface area contributed by atoms with E-state index in [-0.39, 0.29) is 11.9 Å². The van der Waals surface area contributed by atoms with Crippen molar-refractivity contribution in [3.05, 3.63) is 11.4 Å². The Labute approximate surface area is 107 Å². The molecule has 1 unspecified atom stereocenters. The van der Waals surface area contributed by atoms with Crippen molar-refractivity contribution in [2.75, 3.05) is 26.0 Å². The molecule has 1 rings (SSSR count). The summed E-state index contributed by atoms with van der Waals surface area (Å²) in [7, 11) is 1.62. The molecular formula is C12H22N4O2. The fourth-order valence-corrected chi connectivity index (χ4v) is 1.67. The van der Waals surface area contributed by atoms with E-state index in [2.05, 4.69) is 10.2 Å². The number of aromatic amines is 1. The Bertz CT molecular complexity index is 403. The minimum Gasteiger partial charge on any atom is -0.395 e. The normalized spacial score (nSPS) is 12.4. The molecule has 1 atom stereocenters. The van der Waals surface area contributed by atoms with Gasteiger partial charge in [-0.15, -0.1) is 0 Å². The lowest BCUT2D eigenvalue weighted by molar-refractivity contribution is 0.0609. The standard InChI is InChI=1S/C12H22N4O2/c1-5-8(2)16(6-7-18-4)12(17)11-10(13)9(3)14-15-11/h8H,5-7,13H2,1-4H3,(H,14,15). The van der Waals surface area contributed by atoms with Crippen LogP contribution in [0, 0.1) is 6.92 Å². The summed E-state index contributed by atoms with van der Waals surface area (Å²) in [6.07, 6.45) is 0.874. The first kappa shape index (κ1) is 14.5. The van der Waals surface area contributed by atoms with E-state index in [0.717, 1.165) is 6.42 Å². The first-order chi connectivity index (χ1) is 8.52. The molecule has 0 aliphatic heterocycles. The van der Waals surface area contributed by atoms with E-state index in [9.17, 15) is 4.79 Å². The topological polar surface area (TPSA) is 84.2 Å². The highest BCUT2D eigenvalue weighted by Gasteiger charge is 2.24. The van der Waals surface area contributed by atoms with Crippen LogP contribution >= 0.6 is 0 Å². The fourth-order valence-electron chi connectivity index (χ4n) is 1.67. The Morgan fingerprint density at radius 3 is 2.72 bits per heavy atom. The van der Waals surface area contributed by atoms with Crippen molar-refractivity contribution in [3.63, 3.8) is 0 Å². The number of amides is 1. The minimum absolute atomic E-state index is 0.129. The van der Waals surface area contributed by atoms with Crippen molar-refractivity contribution in [2.24, 2.45) is 0 Å². The lowest BCUT2D eigenvalue weighted by Gasteiger charge is -2.27. The maximum Gasteiger partial charge on any atom is 0.276 e. The average molecular weight is 254 g/mol. The van der Waals surface area contributed by atoms with Gasteiger partial charge in [0.05, 0.1) is 18.0 Å². The second-order valence-corrected chi connectivity index (χ2v) is 4.36. The maximum atomic E-state index is 12.4. The van der Waals surface area contributed by atoms with Crippen molar-refractivity contribution >= 4 is 11.6 Å². The van der Waals surface area contributed by atoms with Crippen LogP contribution in [0.1, 0.15) is 36.5 Å². The van der Waals surface area contributed by atoms with Gasteiger partial charge in [0.25, 0.3) is 5.91 Å². The fraction of sp³-hybridized carbons (Fsp3) is 0.667. The van der Waals surface area contributed by atoms with E-state index in [1.807, 2.05) is 13.8 Å². The molecule has 0 saturated heterocycles. The number of rotatable bonds is 6. The third kappa shape index (κ3) is 3.01. The van der Waals surface area contributed by atoms with Crippen molar-refractivity contribution in [2.45, 2.75) is 33.2 Å². The average Bonchev–Trinajstić information content (AvgIpc) is 2.69. The number of aryl methyl sites for hydroxylation is 1. The minimum atomic E-state index is -0.150. The summed E-state index contributed by atoms with van der Waals surface area (Å²) in [6.45, 7) is 6.87. The summed E-state index contributed by atoms with van der Waals surface area (Å²) < 4.78 is 5.04. The maximum absolute atomic E-state index is 12.4. The van der Waals surface area contributed by atoms with Crippen molar-refractivity contribution in [3.8, 4) is 0 Å². The Hall–Kier alpha value is -1.56. The van der Waals surface area contributed by atoms with Gasteiger partial charge in [-0.05, 0) is 20.3 Å². The largest absolute Gasteiger partial charge is 0.395 e. The van der Waals surface area contributed by atoms with E-state index in [1.165, 1.54) is 0 Å². The first-order valence-corrected chi connectivity index (χ1v) is 6.13. The number of nitrogens with one attached hydrogen (secondary N) is 1. The predicted molar refractivity (Wildman–Crippen MR) is 70.4 cm³/mol. The van der Waals surface area contributed by atoms with E-state index >= 15 is 0 Å². The molecule has 102 valence electrons. The number of nitrogens with zero attached hydrogens (tertiary/aromatic N) is 2. The molecule has 0 radical (unpaired) electrons. The molecule has 6 heteroatoms. The van der Waals surface area contributed by atoms with Gasteiger partial charge in [0.2, 0.25) is 0 Å². The highest BCUT2D eigenvalue weighted by molar-refractivity contribution is 5.97. The molecule has 0 saturated carbocycles. The molecule has 1 aromatic rings. The summed E-state index contributed by atoms with van der Waals surface area (Å²) in [5, 5.41) is 6.71. The van der Waals surface area contributed by atoms with Gasteiger partial charge in [-0.3, -0.25) is 9.89 Å². The zero-order valence-corrected chi connectivity index (χ0v) is 11.5. The molecule has 6 nitrogen and oxygen atoms in total. The first-order valence-electron chi connectivity index (χ1n) is 6.13. The van der Waals surface area contributed by atoms with Gasteiger partial charge in [0.15, 0.2) is 5.69 Å². The summed E-state index contributed by atoms with van der Waals surface area (Å²) in [4.78, 5) is 14.1. The quantitative estimate of drug-likeness (QED) is 0.798. The van der Waals surface area contributed by atoms with Gasteiger partial charge in [-0.25, -0.2) is 0 Å². The lowest BCUT2D eigenvalue weighted by atomic mass is 10.2. The molecule has 0 bridgehead atoms. The zero-order chi connectivity index (χ0) is 13.7. The number of hydrogen-bond donors (Lipinski definition) is 2.